The van der Waals surface area contributed by atoms with E-state index in [1.165, 1.54) is 0 Å². The molecule has 4 nitrogen and oxygen atoms in total. The number of nitrogens with one attached hydrogen (secondary N) is 2. The SMILES string of the molecule is CCOc1c(Cl)cc(Cl)cc1CNCc1nc2ccccc2[nH]1. The van der Waals surface area contributed by atoms with Crippen molar-refractivity contribution in [2.45, 2.75) is 20.0 Å². The molecule has 3 rings (SSSR count). The Morgan fingerprint density at radius 2 is 2.00 bits per heavy atom. The van der Waals surface area contributed by atoms with Gasteiger partial charge in [0.15, 0.2) is 0 Å². The van der Waals surface area contributed by atoms with Crippen molar-refractivity contribution in [1.82, 2.24) is 15.3 Å². The molecule has 0 amide bonds. The van der Waals surface area contributed by atoms with Crippen molar-refractivity contribution in [3.63, 3.8) is 0 Å². The summed E-state index contributed by atoms with van der Waals surface area (Å²) in [6.07, 6.45) is 0. The van der Waals surface area contributed by atoms with Crippen LogP contribution in [0.15, 0.2) is 36.4 Å². The first-order valence-corrected chi connectivity index (χ1v) is 8.18. The Labute approximate surface area is 144 Å². The van der Waals surface area contributed by atoms with Crippen LogP contribution in [0.4, 0.5) is 0 Å². The molecule has 0 saturated heterocycles. The monoisotopic (exact) mass is 349 g/mol. The predicted molar refractivity (Wildman–Crippen MR) is 94.3 cm³/mol. The first-order chi connectivity index (χ1) is 11.2. The molecule has 0 saturated carbocycles. The molecule has 2 aromatic carbocycles. The van der Waals surface area contributed by atoms with Crippen molar-refractivity contribution in [3.8, 4) is 5.75 Å². The van der Waals surface area contributed by atoms with Crippen LogP contribution in [0, 0.1) is 0 Å². The summed E-state index contributed by atoms with van der Waals surface area (Å²) in [5, 5.41) is 4.47. The third kappa shape index (κ3) is 3.78. The zero-order chi connectivity index (χ0) is 16.2. The van der Waals surface area contributed by atoms with Crippen molar-refractivity contribution >= 4 is 34.2 Å². The molecule has 120 valence electrons. The van der Waals surface area contributed by atoms with Crippen LogP contribution < -0.4 is 10.1 Å². The quantitative estimate of drug-likeness (QED) is 0.685. The van der Waals surface area contributed by atoms with Crippen molar-refractivity contribution < 1.29 is 4.74 Å². The highest BCUT2D eigenvalue weighted by Crippen LogP contribution is 2.32. The van der Waals surface area contributed by atoms with E-state index in [4.69, 9.17) is 27.9 Å². The van der Waals surface area contributed by atoms with Gasteiger partial charge < -0.3 is 15.0 Å². The Hall–Kier alpha value is -1.75. The highest BCUT2D eigenvalue weighted by Gasteiger charge is 2.10. The number of hydrogen-bond acceptors (Lipinski definition) is 3. The second-order valence-electron chi connectivity index (χ2n) is 5.11. The van der Waals surface area contributed by atoms with Gasteiger partial charge in [-0.3, -0.25) is 0 Å². The summed E-state index contributed by atoms with van der Waals surface area (Å²) in [5.74, 6) is 1.56. The van der Waals surface area contributed by atoms with E-state index in [0.717, 1.165) is 22.4 Å². The minimum Gasteiger partial charge on any atom is -0.492 e. The first-order valence-electron chi connectivity index (χ1n) is 7.42. The molecule has 2 N–H and O–H groups in total. The van der Waals surface area contributed by atoms with E-state index in [0.29, 0.717) is 35.5 Å². The van der Waals surface area contributed by atoms with Crippen molar-refractivity contribution in [1.29, 1.82) is 0 Å². The van der Waals surface area contributed by atoms with Gasteiger partial charge in [0.05, 0.1) is 29.2 Å². The number of imidazole rings is 1. The first kappa shape index (κ1) is 16.1. The average molecular weight is 350 g/mol. The Bertz CT molecular complexity index is 784. The highest BCUT2D eigenvalue weighted by molar-refractivity contribution is 6.35. The lowest BCUT2D eigenvalue weighted by molar-refractivity contribution is 0.335. The molecule has 1 heterocycles. The zero-order valence-electron chi connectivity index (χ0n) is 12.7. The number of nitrogens with zero attached hydrogens (tertiary/aromatic N) is 1. The third-order valence-corrected chi connectivity index (χ3v) is 3.92. The smallest absolute Gasteiger partial charge is 0.142 e. The number of para-hydroxylation sites is 2. The third-order valence-electron chi connectivity index (χ3n) is 3.42. The summed E-state index contributed by atoms with van der Waals surface area (Å²) in [6.45, 7) is 3.69. The number of rotatable bonds is 6. The summed E-state index contributed by atoms with van der Waals surface area (Å²) in [6, 6.07) is 11.5. The number of ether oxygens (including phenoxy) is 1. The van der Waals surface area contributed by atoms with Gasteiger partial charge in [0.25, 0.3) is 0 Å². The number of benzene rings is 2. The number of halogens is 2. The van der Waals surface area contributed by atoms with Gasteiger partial charge in [0, 0.05) is 17.1 Å². The van der Waals surface area contributed by atoms with Crippen LogP contribution in [0.5, 0.6) is 5.75 Å². The molecule has 0 bridgehead atoms. The standard InChI is InChI=1S/C17H17Cl2N3O/c1-2-23-17-11(7-12(18)8-13(17)19)9-20-10-16-21-14-5-3-4-6-15(14)22-16/h3-8,20H,2,9-10H2,1H3,(H,21,22). The lowest BCUT2D eigenvalue weighted by atomic mass is 10.2. The van der Waals surface area contributed by atoms with Crippen LogP contribution in [0.1, 0.15) is 18.3 Å². The van der Waals surface area contributed by atoms with Gasteiger partial charge in [0.2, 0.25) is 0 Å². The Kier molecular flexibility index (Phi) is 5.06. The Morgan fingerprint density at radius 1 is 1.17 bits per heavy atom. The van der Waals surface area contributed by atoms with E-state index in [1.807, 2.05) is 37.3 Å². The van der Waals surface area contributed by atoms with Crippen LogP contribution in [0.25, 0.3) is 11.0 Å². The minimum atomic E-state index is 0.528. The average Bonchev–Trinajstić information content (AvgIpc) is 2.93. The van der Waals surface area contributed by atoms with Gasteiger partial charge in [-0.15, -0.1) is 0 Å². The van der Waals surface area contributed by atoms with E-state index in [-0.39, 0.29) is 0 Å². The van der Waals surface area contributed by atoms with Crippen LogP contribution in [0.2, 0.25) is 10.0 Å². The molecule has 0 aliphatic carbocycles. The molecule has 0 radical (unpaired) electrons. The summed E-state index contributed by atoms with van der Waals surface area (Å²) in [5.41, 5.74) is 2.93. The number of H-pyrrole nitrogens is 1. The number of fused-ring (bicyclic) bond motifs is 1. The summed E-state index contributed by atoms with van der Waals surface area (Å²) in [7, 11) is 0. The molecular weight excluding hydrogens is 333 g/mol. The van der Waals surface area contributed by atoms with E-state index in [1.54, 1.807) is 6.07 Å². The van der Waals surface area contributed by atoms with Crippen LogP contribution >= 0.6 is 23.2 Å². The molecule has 0 unspecified atom stereocenters. The van der Waals surface area contributed by atoms with Gasteiger partial charge in [-0.25, -0.2) is 4.98 Å². The summed E-state index contributed by atoms with van der Waals surface area (Å²) < 4.78 is 5.62. The lowest BCUT2D eigenvalue weighted by Gasteiger charge is -2.13. The second-order valence-corrected chi connectivity index (χ2v) is 5.96. The molecule has 0 atom stereocenters. The van der Waals surface area contributed by atoms with Crippen LogP contribution in [0.3, 0.4) is 0 Å². The summed E-state index contributed by atoms with van der Waals surface area (Å²) >= 11 is 12.3. The lowest BCUT2D eigenvalue weighted by Crippen LogP contribution is -2.14. The van der Waals surface area contributed by atoms with Crippen molar-refractivity contribution in [3.05, 3.63) is 57.8 Å². The van der Waals surface area contributed by atoms with E-state index >= 15 is 0 Å². The molecule has 0 aliphatic heterocycles. The van der Waals surface area contributed by atoms with Gasteiger partial charge in [0.1, 0.15) is 11.6 Å². The number of aromatic nitrogens is 2. The van der Waals surface area contributed by atoms with Crippen LogP contribution in [-0.2, 0) is 13.1 Å². The van der Waals surface area contributed by atoms with Crippen LogP contribution in [-0.4, -0.2) is 16.6 Å². The van der Waals surface area contributed by atoms with E-state index in [9.17, 15) is 0 Å². The molecule has 0 fully saturated rings. The van der Waals surface area contributed by atoms with Crippen molar-refractivity contribution in [2.24, 2.45) is 0 Å². The molecule has 23 heavy (non-hydrogen) atoms. The topological polar surface area (TPSA) is 49.9 Å². The van der Waals surface area contributed by atoms with Gasteiger partial charge in [-0.1, -0.05) is 35.3 Å². The minimum absolute atomic E-state index is 0.528. The van der Waals surface area contributed by atoms with Gasteiger partial charge in [-0.2, -0.15) is 0 Å². The molecule has 6 heteroatoms. The number of aromatic amines is 1. The molecule has 0 spiro atoms. The second kappa shape index (κ2) is 7.21. The van der Waals surface area contributed by atoms with Crippen molar-refractivity contribution in [2.75, 3.05) is 6.61 Å². The number of hydrogen-bond donors (Lipinski definition) is 2. The maximum Gasteiger partial charge on any atom is 0.142 e. The fourth-order valence-corrected chi connectivity index (χ4v) is 3.05. The fraction of sp³-hybridized carbons (Fsp3) is 0.235. The Balaban J connectivity index is 1.70. The molecule has 1 aromatic heterocycles. The predicted octanol–water partition coefficient (Wildman–Crippen LogP) is 4.56. The van der Waals surface area contributed by atoms with E-state index < -0.39 is 0 Å². The maximum atomic E-state index is 6.21. The Morgan fingerprint density at radius 3 is 2.78 bits per heavy atom. The largest absolute Gasteiger partial charge is 0.492 e. The summed E-state index contributed by atoms with van der Waals surface area (Å²) in [4.78, 5) is 7.82. The van der Waals surface area contributed by atoms with Gasteiger partial charge >= 0.3 is 0 Å². The molecular formula is C17H17Cl2N3O. The zero-order valence-corrected chi connectivity index (χ0v) is 14.2. The fourth-order valence-electron chi connectivity index (χ4n) is 2.46. The molecule has 3 aromatic rings. The maximum absolute atomic E-state index is 6.21. The molecule has 0 aliphatic rings. The normalized spacial score (nSPS) is 11.1. The van der Waals surface area contributed by atoms with E-state index in [2.05, 4.69) is 15.3 Å². The highest BCUT2D eigenvalue weighted by atomic mass is 35.5. The van der Waals surface area contributed by atoms with Gasteiger partial charge in [-0.05, 0) is 31.2 Å².